The summed E-state index contributed by atoms with van der Waals surface area (Å²) in [5.41, 5.74) is 1.09. The molecular formula is C12H19ClN2O. The van der Waals surface area contributed by atoms with Gasteiger partial charge in [-0.05, 0) is 32.3 Å². The normalized spacial score (nSPS) is 10.8. The van der Waals surface area contributed by atoms with Gasteiger partial charge < -0.3 is 15.0 Å². The molecule has 16 heavy (non-hydrogen) atoms. The summed E-state index contributed by atoms with van der Waals surface area (Å²) in [7, 11) is 5.79. The standard InChI is InChI=1S/C12H19ClN2O/c1-15(2)7-6-14-9-10-8-11(13)4-5-12(10)16-3/h4-5,8,14H,6-7,9H2,1-3H3. The van der Waals surface area contributed by atoms with Crippen molar-refractivity contribution in [1.82, 2.24) is 10.2 Å². The highest BCUT2D eigenvalue weighted by molar-refractivity contribution is 6.30. The molecule has 0 amide bonds. The zero-order valence-electron chi connectivity index (χ0n) is 10.1. The van der Waals surface area contributed by atoms with Gasteiger partial charge in [-0.3, -0.25) is 0 Å². The molecule has 0 aliphatic rings. The van der Waals surface area contributed by atoms with Gasteiger partial charge in [0.25, 0.3) is 0 Å². The van der Waals surface area contributed by atoms with Gasteiger partial charge in [-0.1, -0.05) is 11.6 Å². The maximum absolute atomic E-state index is 5.95. The molecule has 0 fully saturated rings. The molecule has 0 atom stereocenters. The Bertz CT molecular complexity index is 329. The van der Waals surface area contributed by atoms with Gasteiger partial charge in [0.15, 0.2) is 0 Å². The Morgan fingerprint density at radius 1 is 1.38 bits per heavy atom. The van der Waals surface area contributed by atoms with Gasteiger partial charge in [-0.25, -0.2) is 0 Å². The first kappa shape index (κ1) is 13.3. The Hall–Kier alpha value is -0.770. The fraction of sp³-hybridized carbons (Fsp3) is 0.500. The van der Waals surface area contributed by atoms with Crippen LogP contribution in [0.25, 0.3) is 0 Å². The molecule has 0 radical (unpaired) electrons. The SMILES string of the molecule is COc1ccc(Cl)cc1CNCCN(C)C. The Morgan fingerprint density at radius 2 is 2.12 bits per heavy atom. The van der Waals surface area contributed by atoms with Gasteiger partial charge in [0.1, 0.15) is 5.75 Å². The van der Waals surface area contributed by atoms with E-state index in [9.17, 15) is 0 Å². The largest absolute Gasteiger partial charge is 0.496 e. The molecule has 4 heteroatoms. The first-order valence-corrected chi connectivity index (χ1v) is 5.69. The molecule has 3 nitrogen and oxygen atoms in total. The molecule has 0 saturated carbocycles. The number of methoxy groups -OCH3 is 1. The topological polar surface area (TPSA) is 24.5 Å². The fourth-order valence-corrected chi connectivity index (χ4v) is 1.61. The van der Waals surface area contributed by atoms with Crippen LogP contribution >= 0.6 is 11.6 Å². The molecular weight excluding hydrogens is 224 g/mol. The number of likely N-dealkylation sites (N-methyl/N-ethyl adjacent to an activating group) is 1. The Balaban J connectivity index is 2.48. The van der Waals surface area contributed by atoms with Gasteiger partial charge >= 0.3 is 0 Å². The molecule has 0 aromatic heterocycles. The highest BCUT2D eigenvalue weighted by Crippen LogP contribution is 2.22. The minimum atomic E-state index is 0.741. The number of hydrogen-bond acceptors (Lipinski definition) is 3. The third-order valence-corrected chi connectivity index (χ3v) is 2.53. The predicted octanol–water partition coefficient (Wildman–Crippen LogP) is 2.00. The molecule has 1 aromatic rings. The van der Waals surface area contributed by atoms with Gasteiger partial charge in [0.2, 0.25) is 0 Å². The molecule has 0 aliphatic carbocycles. The van der Waals surface area contributed by atoms with Crippen LogP contribution in [0.4, 0.5) is 0 Å². The molecule has 90 valence electrons. The highest BCUT2D eigenvalue weighted by atomic mass is 35.5. The van der Waals surface area contributed by atoms with E-state index in [1.54, 1.807) is 7.11 Å². The molecule has 0 heterocycles. The summed E-state index contributed by atoms with van der Waals surface area (Å²) in [6.45, 7) is 2.74. The quantitative estimate of drug-likeness (QED) is 0.773. The van der Waals surface area contributed by atoms with Crippen molar-refractivity contribution in [3.8, 4) is 5.75 Å². The van der Waals surface area contributed by atoms with Crippen LogP contribution in [0.5, 0.6) is 5.75 Å². The van der Waals surface area contributed by atoms with Crippen LogP contribution in [-0.2, 0) is 6.54 Å². The summed E-state index contributed by atoms with van der Waals surface area (Å²) in [4.78, 5) is 2.14. The summed E-state index contributed by atoms with van der Waals surface area (Å²) in [6.07, 6.45) is 0. The van der Waals surface area contributed by atoms with Crippen molar-refractivity contribution in [2.45, 2.75) is 6.54 Å². The number of hydrogen-bond donors (Lipinski definition) is 1. The minimum Gasteiger partial charge on any atom is -0.496 e. The molecule has 0 saturated heterocycles. The van der Waals surface area contributed by atoms with Crippen LogP contribution in [0.15, 0.2) is 18.2 Å². The molecule has 1 aromatic carbocycles. The zero-order valence-corrected chi connectivity index (χ0v) is 10.8. The van der Waals surface area contributed by atoms with Gasteiger partial charge in [-0.2, -0.15) is 0 Å². The second kappa shape index (κ2) is 6.74. The van der Waals surface area contributed by atoms with Crippen molar-refractivity contribution in [3.05, 3.63) is 28.8 Å². The van der Waals surface area contributed by atoms with Crippen molar-refractivity contribution in [1.29, 1.82) is 0 Å². The average Bonchev–Trinajstić information content (AvgIpc) is 2.24. The Kier molecular flexibility index (Phi) is 5.60. The lowest BCUT2D eigenvalue weighted by Crippen LogP contribution is -2.26. The third kappa shape index (κ3) is 4.39. The lowest BCUT2D eigenvalue weighted by Gasteiger charge is -2.12. The maximum atomic E-state index is 5.95. The second-order valence-electron chi connectivity index (χ2n) is 3.94. The van der Waals surface area contributed by atoms with Crippen molar-refractivity contribution in [2.75, 3.05) is 34.3 Å². The number of benzene rings is 1. The smallest absolute Gasteiger partial charge is 0.123 e. The summed E-state index contributed by atoms with van der Waals surface area (Å²) < 4.78 is 5.27. The number of rotatable bonds is 6. The van der Waals surface area contributed by atoms with E-state index >= 15 is 0 Å². The van der Waals surface area contributed by atoms with E-state index in [1.807, 2.05) is 18.2 Å². The van der Waals surface area contributed by atoms with Gasteiger partial charge in [-0.15, -0.1) is 0 Å². The van der Waals surface area contributed by atoms with Gasteiger partial charge in [0, 0.05) is 30.2 Å². The number of ether oxygens (including phenoxy) is 1. The van der Waals surface area contributed by atoms with E-state index < -0.39 is 0 Å². The van der Waals surface area contributed by atoms with E-state index in [1.165, 1.54) is 0 Å². The fourth-order valence-electron chi connectivity index (χ4n) is 1.41. The monoisotopic (exact) mass is 242 g/mol. The zero-order chi connectivity index (χ0) is 12.0. The van der Waals surface area contributed by atoms with E-state index in [-0.39, 0.29) is 0 Å². The lowest BCUT2D eigenvalue weighted by molar-refractivity contribution is 0.392. The molecule has 0 aliphatic heterocycles. The first-order chi connectivity index (χ1) is 7.63. The maximum Gasteiger partial charge on any atom is 0.123 e. The van der Waals surface area contributed by atoms with E-state index in [0.29, 0.717) is 0 Å². The van der Waals surface area contributed by atoms with Crippen LogP contribution < -0.4 is 10.1 Å². The van der Waals surface area contributed by atoms with Crippen LogP contribution in [0.2, 0.25) is 5.02 Å². The van der Waals surface area contributed by atoms with Crippen molar-refractivity contribution >= 4 is 11.6 Å². The highest BCUT2D eigenvalue weighted by Gasteiger charge is 2.03. The van der Waals surface area contributed by atoms with Crippen LogP contribution in [-0.4, -0.2) is 39.2 Å². The molecule has 0 spiro atoms. The summed E-state index contributed by atoms with van der Waals surface area (Å²) >= 11 is 5.95. The Morgan fingerprint density at radius 3 is 2.75 bits per heavy atom. The van der Waals surface area contributed by atoms with Crippen molar-refractivity contribution < 1.29 is 4.74 Å². The third-order valence-electron chi connectivity index (χ3n) is 2.29. The van der Waals surface area contributed by atoms with Crippen LogP contribution in [0, 0.1) is 0 Å². The first-order valence-electron chi connectivity index (χ1n) is 5.31. The van der Waals surface area contributed by atoms with E-state index in [2.05, 4.69) is 24.3 Å². The number of nitrogens with one attached hydrogen (secondary N) is 1. The minimum absolute atomic E-state index is 0.741. The van der Waals surface area contributed by atoms with Crippen molar-refractivity contribution in [2.24, 2.45) is 0 Å². The predicted molar refractivity (Wildman–Crippen MR) is 68.3 cm³/mol. The molecule has 0 unspecified atom stereocenters. The molecule has 1 N–H and O–H groups in total. The summed E-state index contributed by atoms with van der Waals surface area (Å²) in [5.74, 6) is 0.877. The van der Waals surface area contributed by atoms with Crippen LogP contribution in [0.1, 0.15) is 5.56 Å². The average molecular weight is 243 g/mol. The lowest BCUT2D eigenvalue weighted by atomic mass is 10.2. The second-order valence-corrected chi connectivity index (χ2v) is 4.37. The van der Waals surface area contributed by atoms with E-state index in [4.69, 9.17) is 16.3 Å². The number of nitrogens with zero attached hydrogens (tertiary/aromatic N) is 1. The van der Waals surface area contributed by atoms with E-state index in [0.717, 1.165) is 36.0 Å². The van der Waals surface area contributed by atoms with Crippen LogP contribution in [0.3, 0.4) is 0 Å². The van der Waals surface area contributed by atoms with Crippen molar-refractivity contribution in [3.63, 3.8) is 0 Å². The van der Waals surface area contributed by atoms with Gasteiger partial charge in [0.05, 0.1) is 7.11 Å². The summed E-state index contributed by atoms with van der Waals surface area (Å²) in [5, 5.41) is 4.10. The summed E-state index contributed by atoms with van der Waals surface area (Å²) in [6, 6.07) is 5.66. The number of halogens is 1. The molecule has 0 bridgehead atoms. The Labute approximate surface area is 102 Å². The molecule has 1 rings (SSSR count).